The minimum Gasteiger partial charge on any atom is -0.460 e. The summed E-state index contributed by atoms with van der Waals surface area (Å²) in [6.45, 7) is 1.94. The van der Waals surface area contributed by atoms with Gasteiger partial charge in [-0.3, -0.25) is 0 Å². The van der Waals surface area contributed by atoms with Gasteiger partial charge in [-0.2, -0.15) is 0 Å². The largest absolute Gasteiger partial charge is 0.460 e. The highest BCUT2D eigenvalue weighted by atomic mass is 16.6. The van der Waals surface area contributed by atoms with Crippen LogP contribution in [0.15, 0.2) is 0 Å². The van der Waals surface area contributed by atoms with Gasteiger partial charge in [-0.05, 0) is 38.6 Å². The number of ether oxygens (including phenoxy) is 1. The Morgan fingerprint density at radius 1 is 1.17 bits per heavy atom. The highest BCUT2D eigenvalue weighted by Crippen LogP contribution is 2.27. The molecule has 1 atom stereocenters. The number of hydrogen-bond donors (Lipinski definition) is 1. The van der Waals surface area contributed by atoms with Gasteiger partial charge in [0, 0.05) is 13.1 Å². The first-order chi connectivity index (χ1) is 8.66. The second-order valence-corrected chi connectivity index (χ2v) is 5.78. The standard InChI is InChI=1S/C14H25NO3/c1-15-9-7-12(8-10-15)18-14(17)13(16)11-5-3-2-4-6-11/h11-13,16H,2-10H2,1H3/t13-/m1/s1. The number of hydrogen-bond acceptors (Lipinski definition) is 4. The van der Waals surface area contributed by atoms with Gasteiger partial charge < -0.3 is 14.7 Å². The van der Waals surface area contributed by atoms with Crippen LogP contribution >= 0.6 is 0 Å². The predicted octanol–water partition coefficient (Wildman–Crippen LogP) is 1.56. The molecule has 4 nitrogen and oxygen atoms in total. The van der Waals surface area contributed by atoms with E-state index in [4.69, 9.17) is 4.74 Å². The number of carbonyl (C=O) groups excluding carboxylic acids is 1. The fraction of sp³-hybridized carbons (Fsp3) is 0.929. The molecule has 18 heavy (non-hydrogen) atoms. The van der Waals surface area contributed by atoms with Gasteiger partial charge in [0.2, 0.25) is 0 Å². The molecular weight excluding hydrogens is 230 g/mol. The van der Waals surface area contributed by atoms with Crippen molar-refractivity contribution in [2.75, 3.05) is 20.1 Å². The predicted molar refractivity (Wildman–Crippen MR) is 69.2 cm³/mol. The zero-order valence-corrected chi connectivity index (χ0v) is 11.3. The third kappa shape index (κ3) is 3.69. The van der Waals surface area contributed by atoms with E-state index in [1.807, 2.05) is 0 Å². The van der Waals surface area contributed by atoms with E-state index in [1.165, 1.54) is 6.42 Å². The Balaban J connectivity index is 1.76. The van der Waals surface area contributed by atoms with Gasteiger partial charge in [-0.1, -0.05) is 19.3 Å². The van der Waals surface area contributed by atoms with Crippen LogP contribution in [0.4, 0.5) is 0 Å². The number of piperidine rings is 1. The fourth-order valence-electron chi connectivity index (χ4n) is 2.98. The highest BCUT2D eigenvalue weighted by Gasteiger charge is 2.31. The topological polar surface area (TPSA) is 49.8 Å². The third-order valence-electron chi connectivity index (χ3n) is 4.29. The maximum Gasteiger partial charge on any atom is 0.335 e. The Morgan fingerprint density at radius 2 is 1.78 bits per heavy atom. The van der Waals surface area contributed by atoms with E-state index in [9.17, 15) is 9.90 Å². The van der Waals surface area contributed by atoms with Crippen LogP contribution in [0.5, 0.6) is 0 Å². The Hall–Kier alpha value is -0.610. The van der Waals surface area contributed by atoms with E-state index in [1.54, 1.807) is 0 Å². The van der Waals surface area contributed by atoms with Crippen LogP contribution in [-0.4, -0.2) is 48.3 Å². The number of likely N-dealkylation sites (tertiary alicyclic amines) is 1. The van der Waals surface area contributed by atoms with Crippen molar-refractivity contribution in [1.29, 1.82) is 0 Å². The Labute approximate surface area is 109 Å². The van der Waals surface area contributed by atoms with Crippen molar-refractivity contribution in [2.24, 2.45) is 5.92 Å². The van der Waals surface area contributed by atoms with Crippen LogP contribution < -0.4 is 0 Å². The van der Waals surface area contributed by atoms with E-state index in [0.29, 0.717) is 0 Å². The number of aliphatic hydroxyl groups is 1. The molecule has 2 rings (SSSR count). The van der Waals surface area contributed by atoms with Crippen molar-refractivity contribution in [2.45, 2.75) is 57.2 Å². The van der Waals surface area contributed by atoms with Crippen molar-refractivity contribution in [3.8, 4) is 0 Å². The van der Waals surface area contributed by atoms with Crippen LogP contribution in [0.1, 0.15) is 44.9 Å². The molecule has 1 saturated carbocycles. The first-order valence-corrected chi connectivity index (χ1v) is 7.24. The van der Waals surface area contributed by atoms with Gasteiger partial charge in [0.15, 0.2) is 6.10 Å². The first-order valence-electron chi connectivity index (χ1n) is 7.24. The Bertz CT molecular complexity index is 268. The molecule has 0 bridgehead atoms. The molecule has 0 aromatic carbocycles. The van der Waals surface area contributed by atoms with Gasteiger partial charge >= 0.3 is 5.97 Å². The van der Waals surface area contributed by atoms with Gasteiger partial charge in [-0.25, -0.2) is 4.79 Å². The fourth-order valence-corrected chi connectivity index (χ4v) is 2.98. The molecule has 0 amide bonds. The summed E-state index contributed by atoms with van der Waals surface area (Å²) in [5.41, 5.74) is 0. The summed E-state index contributed by atoms with van der Waals surface area (Å²) in [5.74, 6) is -0.269. The third-order valence-corrected chi connectivity index (χ3v) is 4.29. The van der Waals surface area contributed by atoms with Crippen molar-refractivity contribution in [1.82, 2.24) is 4.90 Å². The van der Waals surface area contributed by atoms with Crippen LogP contribution in [0, 0.1) is 5.92 Å². The molecule has 1 aliphatic carbocycles. The maximum absolute atomic E-state index is 11.9. The highest BCUT2D eigenvalue weighted by molar-refractivity contribution is 5.75. The number of rotatable bonds is 3. The van der Waals surface area contributed by atoms with Crippen molar-refractivity contribution in [3.63, 3.8) is 0 Å². The SMILES string of the molecule is CN1CCC(OC(=O)[C@H](O)C2CCCCC2)CC1. The van der Waals surface area contributed by atoms with Crippen molar-refractivity contribution in [3.05, 3.63) is 0 Å². The quantitative estimate of drug-likeness (QED) is 0.778. The lowest BCUT2D eigenvalue weighted by atomic mass is 9.85. The second-order valence-electron chi connectivity index (χ2n) is 5.78. The molecule has 0 aromatic rings. The Morgan fingerprint density at radius 3 is 2.39 bits per heavy atom. The zero-order valence-electron chi connectivity index (χ0n) is 11.3. The normalized spacial score (nSPS) is 25.9. The Kier molecular flexibility index (Phi) is 5.01. The molecule has 2 fully saturated rings. The minimum atomic E-state index is -0.898. The van der Waals surface area contributed by atoms with Crippen molar-refractivity contribution >= 4 is 5.97 Å². The van der Waals surface area contributed by atoms with Gasteiger partial charge in [0.1, 0.15) is 6.10 Å². The lowest BCUT2D eigenvalue weighted by Crippen LogP contribution is -2.39. The average Bonchev–Trinajstić information content (AvgIpc) is 2.41. The number of nitrogens with zero attached hydrogens (tertiary/aromatic N) is 1. The van der Waals surface area contributed by atoms with Gasteiger partial charge in [0.05, 0.1) is 0 Å². The second kappa shape index (κ2) is 6.53. The molecule has 1 aliphatic heterocycles. The smallest absolute Gasteiger partial charge is 0.335 e. The summed E-state index contributed by atoms with van der Waals surface area (Å²) >= 11 is 0. The van der Waals surface area contributed by atoms with E-state index < -0.39 is 12.1 Å². The van der Waals surface area contributed by atoms with Crippen LogP contribution in [0.3, 0.4) is 0 Å². The molecule has 1 heterocycles. The summed E-state index contributed by atoms with van der Waals surface area (Å²) in [7, 11) is 2.08. The van der Waals surface area contributed by atoms with Crippen molar-refractivity contribution < 1.29 is 14.6 Å². The lowest BCUT2D eigenvalue weighted by molar-refractivity contribution is -0.164. The van der Waals surface area contributed by atoms with E-state index in [2.05, 4.69) is 11.9 Å². The van der Waals surface area contributed by atoms with E-state index in [0.717, 1.165) is 51.6 Å². The maximum atomic E-state index is 11.9. The number of aliphatic hydroxyl groups excluding tert-OH is 1. The molecular formula is C14H25NO3. The molecule has 1 N–H and O–H groups in total. The van der Waals surface area contributed by atoms with Gasteiger partial charge in [0.25, 0.3) is 0 Å². The molecule has 0 unspecified atom stereocenters. The monoisotopic (exact) mass is 255 g/mol. The molecule has 0 aromatic heterocycles. The number of carbonyl (C=O) groups is 1. The zero-order chi connectivity index (χ0) is 13.0. The average molecular weight is 255 g/mol. The summed E-state index contributed by atoms with van der Waals surface area (Å²) in [4.78, 5) is 14.1. The van der Waals surface area contributed by atoms with Crippen LogP contribution in [0.2, 0.25) is 0 Å². The molecule has 1 saturated heterocycles. The molecule has 0 spiro atoms. The minimum absolute atomic E-state index is 0.00643. The molecule has 4 heteroatoms. The number of esters is 1. The summed E-state index contributed by atoms with van der Waals surface area (Å²) in [5, 5.41) is 10.0. The molecule has 0 radical (unpaired) electrons. The van der Waals surface area contributed by atoms with E-state index >= 15 is 0 Å². The molecule has 104 valence electrons. The van der Waals surface area contributed by atoms with Crippen LogP contribution in [-0.2, 0) is 9.53 Å². The summed E-state index contributed by atoms with van der Waals surface area (Å²) in [6.07, 6.45) is 6.30. The van der Waals surface area contributed by atoms with E-state index in [-0.39, 0.29) is 12.0 Å². The lowest BCUT2D eigenvalue weighted by Gasteiger charge is -2.31. The summed E-state index contributed by atoms with van der Waals surface area (Å²) < 4.78 is 5.44. The van der Waals surface area contributed by atoms with Gasteiger partial charge in [-0.15, -0.1) is 0 Å². The van der Waals surface area contributed by atoms with Crippen LogP contribution in [0.25, 0.3) is 0 Å². The molecule has 2 aliphatic rings. The summed E-state index contributed by atoms with van der Waals surface area (Å²) in [6, 6.07) is 0. The first kappa shape index (κ1) is 13.8.